The predicted octanol–water partition coefficient (Wildman–Crippen LogP) is -0.233. The fraction of sp³-hybridized carbons (Fsp3) is 0.636. The van der Waals surface area contributed by atoms with Crippen LogP contribution in [0.5, 0.6) is 11.8 Å². The highest BCUT2D eigenvalue weighted by Gasteiger charge is 2.20. The fourth-order valence-electron chi connectivity index (χ4n) is 2.14. The molecule has 0 aliphatic carbocycles. The van der Waals surface area contributed by atoms with Crippen LogP contribution in [0.15, 0.2) is 6.07 Å². The summed E-state index contributed by atoms with van der Waals surface area (Å²) >= 11 is 0. The van der Waals surface area contributed by atoms with Crippen molar-refractivity contribution in [2.45, 2.75) is 0 Å². The second-order valence-corrected chi connectivity index (χ2v) is 4.32. The van der Waals surface area contributed by atoms with Gasteiger partial charge in [-0.15, -0.1) is 0 Å². The van der Waals surface area contributed by atoms with E-state index in [1.807, 2.05) is 7.05 Å². The molecule has 2 heterocycles. The van der Waals surface area contributed by atoms with Crippen LogP contribution in [0.3, 0.4) is 0 Å². The predicted molar refractivity (Wildman–Crippen MR) is 66.7 cm³/mol. The molecule has 1 fully saturated rings. The summed E-state index contributed by atoms with van der Waals surface area (Å²) in [5, 5.41) is 22.0. The van der Waals surface area contributed by atoms with Gasteiger partial charge in [-0.05, 0) is 7.05 Å². The van der Waals surface area contributed by atoms with Crippen molar-refractivity contribution in [2.75, 3.05) is 51.2 Å². The first-order valence-electron chi connectivity index (χ1n) is 5.93. The van der Waals surface area contributed by atoms with Crippen LogP contribution in [0.2, 0.25) is 0 Å². The highest BCUT2D eigenvalue weighted by molar-refractivity contribution is 5.58. The van der Waals surface area contributed by atoms with E-state index in [-0.39, 0.29) is 11.8 Å². The minimum absolute atomic E-state index is 0.00936. The molecular weight excluding hydrogens is 220 g/mol. The van der Waals surface area contributed by atoms with E-state index in [0.717, 1.165) is 39.3 Å². The van der Waals surface area contributed by atoms with Crippen molar-refractivity contribution in [3.8, 4) is 11.8 Å². The zero-order valence-electron chi connectivity index (χ0n) is 10.1. The molecule has 0 unspecified atom stereocenters. The lowest BCUT2D eigenvalue weighted by atomic mass is 10.3. The molecule has 0 radical (unpaired) electrons. The fourth-order valence-corrected chi connectivity index (χ4v) is 2.14. The van der Waals surface area contributed by atoms with Crippen molar-refractivity contribution in [3.05, 3.63) is 6.07 Å². The van der Waals surface area contributed by atoms with Crippen LogP contribution in [0, 0.1) is 0 Å². The zero-order valence-corrected chi connectivity index (χ0v) is 10.1. The standard InChI is InChI=1S/C11H20N4O2/c1-12-2-3-14-4-6-15(7-5-14)9-8-10(16)13-11(9)17/h8,12-13,16-17H,2-7H2,1H3. The molecule has 0 bridgehead atoms. The second kappa shape index (κ2) is 5.29. The molecule has 2 rings (SSSR count). The number of aromatic hydroxyl groups is 2. The van der Waals surface area contributed by atoms with E-state index in [0.29, 0.717) is 5.69 Å². The topological polar surface area (TPSA) is 74.8 Å². The number of likely N-dealkylation sites (N-methyl/N-ethyl adjacent to an activating group) is 1. The minimum atomic E-state index is 0.00936. The van der Waals surface area contributed by atoms with Crippen LogP contribution >= 0.6 is 0 Å². The minimum Gasteiger partial charge on any atom is -0.494 e. The van der Waals surface area contributed by atoms with Gasteiger partial charge in [0, 0.05) is 45.3 Å². The van der Waals surface area contributed by atoms with E-state index in [1.165, 1.54) is 0 Å². The Balaban J connectivity index is 1.88. The zero-order chi connectivity index (χ0) is 12.3. The molecule has 0 spiro atoms. The van der Waals surface area contributed by atoms with Crippen molar-refractivity contribution in [1.29, 1.82) is 0 Å². The number of piperazine rings is 1. The Morgan fingerprint density at radius 2 is 2.00 bits per heavy atom. The number of anilines is 1. The van der Waals surface area contributed by atoms with E-state index in [1.54, 1.807) is 6.07 Å². The Hall–Kier alpha value is -1.40. The highest BCUT2D eigenvalue weighted by Crippen LogP contribution is 2.31. The summed E-state index contributed by atoms with van der Waals surface area (Å²) in [4.78, 5) is 6.97. The molecule has 0 atom stereocenters. The Morgan fingerprint density at radius 1 is 1.29 bits per heavy atom. The molecule has 6 nitrogen and oxygen atoms in total. The van der Waals surface area contributed by atoms with Gasteiger partial charge in [-0.2, -0.15) is 0 Å². The molecule has 1 aromatic heterocycles. The number of nitrogens with one attached hydrogen (secondary N) is 2. The number of hydrogen-bond donors (Lipinski definition) is 4. The van der Waals surface area contributed by atoms with Gasteiger partial charge in [0.1, 0.15) is 5.69 Å². The summed E-state index contributed by atoms with van der Waals surface area (Å²) in [7, 11) is 1.96. The highest BCUT2D eigenvalue weighted by atomic mass is 16.3. The first-order chi connectivity index (χ1) is 8.20. The molecule has 0 saturated carbocycles. The summed E-state index contributed by atoms with van der Waals surface area (Å²) in [6.07, 6.45) is 0. The van der Waals surface area contributed by atoms with Crippen LogP contribution in [0.25, 0.3) is 0 Å². The molecule has 1 aromatic rings. The summed E-state index contributed by atoms with van der Waals surface area (Å²) in [5.41, 5.74) is 0.691. The van der Waals surface area contributed by atoms with E-state index >= 15 is 0 Å². The SMILES string of the molecule is CNCCN1CCN(c2cc(O)[nH]c2O)CC1. The average molecular weight is 240 g/mol. The lowest BCUT2D eigenvalue weighted by Crippen LogP contribution is -2.47. The quantitative estimate of drug-likeness (QED) is 0.585. The van der Waals surface area contributed by atoms with Gasteiger partial charge in [0.2, 0.25) is 5.88 Å². The van der Waals surface area contributed by atoms with E-state index < -0.39 is 0 Å². The number of rotatable bonds is 4. The van der Waals surface area contributed by atoms with Gasteiger partial charge in [0.05, 0.1) is 0 Å². The molecular formula is C11H20N4O2. The molecule has 6 heteroatoms. The van der Waals surface area contributed by atoms with Crippen molar-refractivity contribution in [2.24, 2.45) is 0 Å². The van der Waals surface area contributed by atoms with Gasteiger partial charge in [0.15, 0.2) is 5.88 Å². The molecule has 0 amide bonds. The van der Waals surface area contributed by atoms with Crippen LogP contribution in [-0.2, 0) is 0 Å². The number of H-pyrrole nitrogens is 1. The monoisotopic (exact) mass is 240 g/mol. The normalized spacial score (nSPS) is 17.6. The summed E-state index contributed by atoms with van der Waals surface area (Å²) in [5.74, 6) is 0.0567. The van der Waals surface area contributed by atoms with Gasteiger partial charge in [-0.1, -0.05) is 0 Å². The second-order valence-electron chi connectivity index (χ2n) is 4.32. The maximum absolute atomic E-state index is 9.61. The molecule has 0 aromatic carbocycles. The van der Waals surface area contributed by atoms with E-state index in [4.69, 9.17) is 0 Å². The largest absolute Gasteiger partial charge is 0.494 e. The van der Waals surface area contributed by atoms with E-state index in [2.05, 4.69) is 20.1 Å². The van der Waals surface area contributed by atoms with Crippen LogP contribution in [0.4, 0.5) is 5.69 Å². The molecule has 1 saturated heterocycles. The van der Waals surface area contributed by atoms with Crippen LogP contribution < -0.4 is 10.2 Å². The van der Waals surface area contributed by atoms with Crippen molar-refractivity contribution in [3.63, 3.8) is 0 Å². The molecule has 1 aliphatic heterocycles. The Morgan fingerprint density at radius 3 is 2.53 bits per heavy atom. The van der Waals surface area contributed by atoms with Gasteiger partial charge < -0.3 is 20.4 Å². The van der Waals surface area contributed by atoms with Crippen LogP contribution in [0.1, 0.15) is 0 Å². The average Bonchev–Trinajstić information content (AvgIpc) is 2.66. The Bertz CT molecular complexity index is 358. The van der Waals surface area contributed by atoms with Crippen molar-refractivity contribution in [1.82, 2.24) is 15.2 Å². The van der Waals surface area contributed by atoms with Gasteiger partial charge >= 0.3 is 0 Å². The van der Waals surface area contributed by atoms with Crippen LogP contribution in [-0.4, -0.2) is 66.4 Å². The summed E-state index contributed by atoms with van der Waals surface area (Å²) in [6, 6.07) is 1.57. The first-order valence-corrected chi connectivity index (χ1v) is 5.93. The molecule has 96 valence electrons. The van der Waals surface area contributed by atoms with Gasteiger partial charge in [0.25, 0.3) is 0 Å². The number of aromatic amines is 1. The third-order valence-corrected chi connectivity index (χ3v) is 3.15. The first kappa shape index (κ1) is 12.1. The summed E-state index contributed by atoms with van der Waals surface area (Å²) in [6.45, 7) is 5.74. The number of aromatic nitrogens is 1. The number of nitrogens with zero attached hydrogens (tertiary/aromatic N) is 2. The number of hydrogen-bond acceptors (Lipinski definition) is 5. The Labute approximate surface area is 101 Å². The molecule has 4 N–H and O–H groups in total. The maximum Gasteiger partial charge on any atom is 0.215 e. The van der Waals surface area contributed by atoms with E-state index in [9.17, 15) is 10.2 Å². The van der Waals surface area contributed by atoms with Crippen molar-refractivity contribution >= 4 is 5.69 Å². The smallest absolute Gasteiger partial charge is 0.215 e. The van der Waals surface area contributed by atoms with Gasteiger partial charge in [-0.25, -0.2) is 0 Å². The lowest BCUT2D eigenvalue weighted by Gasteiger charge is -2.35. The molecule has 17 heavy (non-hydrogen) atoms. The third-order valence-electron chi connectivity index (χ3n) is 3.15. The molecule has 1 aliphatic rings. The summed E-state index contributed by atoms with van der Waals surface area (Å²) < 4.78 is 0. The van der Waals surface area contributed by atoms with Crippen molar-refractivity contribution < 1.29 is 10.2 Å². The Kier molecular flexibility index (Phi) is 3.75. The third kappa shape index (κ3) is 2.83. The van der Waals surface area contributed by atoms with Gasteiger partial charge in [-0.3, -0.25) is 9.88 Å². The maximum atomic E-state index is 9.61. The lowest BCUT2D eigenvalue weighted by molar-refractivity contribution is 0.259.